The van der Waals surface area contributed by atoms with Crippen molar-refractivity contribution < 1.29 is 29.3 Å². The third-order valence-electron chi connectivity index (χ3n) is 2.69. The highest BCUT2D eigenvalue weighted by atomic mass is 16.6. The van der Waals surface area contributed by atoms with Crippen LogP contribution in [0.2, 0.25) is 0 Å². The van der Waals surface area contributed by atoms with E-state index in [1.165, 1.54) is 0 Å². The van der Waals surface area contributed by atoms with E-state index in [9.17, 15) is 19.5 Å². The number of nitrogens with zero attached hydrogens (tertiary/aromatic N) is 1. The molecule has 0 radical (unpaired) electrons. The average molecular weight is 303 g/mol. The zero-order valence-corrected chi connectivity index (χ0v) is 13.3. The highest BCUT2D eigenvalue weighted by molar-refractivity contribution is 5.81. The molecule has 0 spiro atoms. The molecule has 0 heterocycles. The van der Waals surface area contributed by atoms with E-state index in [0.717, 1.165) is 4.90 Å². The predicted molar refractivity (Wildman–Crippen MR) is 76.1 cm³/mol. The summed E-state index contributed by atoms with van der Waals surface area (Å²) in [6, 6.07) is -1.24. The van der Waals surface area contributed by atoms with Gasteiger partial charge in [0.25, 0.3) is 0 Å². The number of aliphatic carboxylic acids is 2. The summed E-state index contributed by atoms with van der Waals surface area (Å²) in [5, 5.41) is 18.0. The highest BCUT2D eigenvalue weighted by Crippen LogP contribution is 2.22. The van der Waals surface area contributed by atoms with E-state index in [1.54, 1.807) is 20.8 Å². The van der Waals surface area contributed by atoms with Gasteiger partial charge in [0, 0.05) is 12.0 Å². The molecule has 0 unspecified atom stereocenters. The van der Waals surface area contributed by atoms with Crippen molar-refractivity contribution in [3.8, 4) is 0 Å². The minimum Gasteiger partial charge on any atom is -0.481 e. The molecule has 0 saturated heterocycles. The maximum Gasteiger partial charge on any atom is 0.410 e. The molecule has 122 valence electrons. The highest BCUT2D eigenvalue weighted by Gasteiger charge is 2.38. The fraction of sp³-hybridized carbons (Fsp3) is 0.786. The molecule has 0 rings (SSSR count). The minimum atomic E-state index is -1.24. The van der Waals surface area contributed by atoms with Crippen LogP contribution in [0.25, 0.3) is 0 Å². The lowest BCUT2D eigenvalue weighted by Crippen LogP contribution is -2.55. The van der Waals surface area contributed by atoms with Crippen molar-refractivity contribution in [2.24, 2.45) is 5.92 Å². The molecule has 21 heavy (non-hydrogen) atoms. The van der Waals surface area contributed by atoms with Crippen LogP contribution in [0.5, 0.6) is 0 Å². The molecule has 1 atom stereocenters. The van der Waals surface area contributed by atoms with Crippen molar-refractivity contribution >= 4 is 18.0 Å². The molecule has 0 aromatic rings. The Morgan fingerprint density at radius 2 is 1.67 bits per heavy atom. The van der Waals surface area contributed by atoms with Gasteiger partial charge in [0.1, 0.15) is 6.04 Å². The fourth-order valence-corrected chi connectivity index (χ4v) is 1.80. The number of carbonyl (C=O) groups excluding carboxylic acids is 1. The first-order valence-corrected chi connectivity index (χ1v) is 6.87. The van der Waals surface area contributed by atoms with Crippen molar-refractivity contribution in [1.29, 1.82) is 0 Å². The molecule has 0 aliphatic carbocycles. The van der Waals surface area contributed by atoms with Crippen molar-refractivity contribution in [3.05, 3.63) is 0 Å². The molecular weight excluding hydrogens is 278 g/mol. The smallest absolute Gasteiger partial charge is 0.410 e. The van der Waals surface area contributed by atoms with E-state index < -0.39 is 29.6 Å². The molecule has 7 nitrogen and oxygen atoms in total. The van der Waals surface area contributed by atoms with Crippen molar-refractivity contribution in [2.75, 3.05) is 6.61 Å². The van der Waals surface area contributed by atoms with E-state index in [2.05, 4.69) is 0 Å². The van der Waals surface area contributed by atoms with E-state index >= 15 is 0 Å². The summed E-state index contributed by atoms with van der Waals surface area (Å²) in [4.78, 5) is 35.3. The van der Waals surface area contributed by atoms with Crippen LogP contribution < -0.4 is 0 Å². The topological polar surface area (TPSA) is 104 Å². The summed E-state index contributed by atoms with van der Waals surface area (Å²) in [6.45, 7) is 8.96. The van der Waals surface area contributed by atoms with Gasteiger partial charge in [0.15, 0.2) is 0 Å². The van der Waals surface area contributed by atoms with Crippen LogP contribution in [0.4, 0.5) is 4.79 Å². The van der Waals surface area contributed by atoms with Gasteiger partial charge in [-0.15, -0.1) is 0 Å². The molecule has 0 bridgehead atoms. The van der Waals surface area contributed by atoms with E-state index in [0.29, 0.717) is 0 Å². The molecule has 2 N–H and O–H groups in total. The van der Waals surface area contributed by atoms with Gasteiger partial charge in [0.2, 0.25) is 0 Å². The Labute approximate surface area is 124 Å². The number of carbonyl (C=O) groups is 3. The van der Waals surface area contributed by atoms with Crippen LogP contribution >= 0.6 is 0 Å². The van der Waals surface area contributed by atoms with Gasteiger partial charge in [-0.2, -0.15) is 0 Å². The second kappa shape index (κ2) is 7.85. The van der Waals surface area contributed by atoms with Crippen LogP contribution in [0, 0.1) is 5.92 Å². The van der Waals surface area contributed by atoms with E-state index in [4.69, 9.17) is 9.84 Å². The van der Waals surface area contributed by atoms with Gasteiger partial charge >= 0.3 is 18.0 Å². The molecule has 0 saturated carbocycles. The van der Waals surface area contributed by atoms with Gasteiger partial charge < -0.3 is 14.9 Å². The first-order chi connectivity index (χ1) is 9.46. The predicted octanol–water partition coefficient (Wildman–Crippen LogP) is 2.20. The number of carboxylic acids is 2. The summed E-state index contributed by atoms with van der Waals surface area (Å²) in [7, 11) is 0. The number of ether oxygens (including phenoxy) is 1. The lowest BCUT2D eigenvalue weighted by Gasteiger charge is -2.38. The molecule has 7 heteroatoms. The Morgan fingerprint density at radius 3 is 2.00 bits per heavy atom. The molecule has 1 amide bonds. The first-order valence-electron chi connectivity index (χ1n) is 6.87. The van der Waals surface area contributed by atoms with E-state index in [-0.39, 0.29) is 25.4 Å². The number of rotatable bonds is 7. The Kier molecular flexibility index (Phi) is 7.18. The van der Waals surface area contributed by atoms with Crippen LogP contribution in [0.1, 0.15) is 47.5 Å². The lowest BCUT2D eigenvalue weighted by molar-refractivity contribution is -0.146. The van der Waals surface area contributed by atoms with Gasteiger partial charge in [-0.25, -0.2) is 9.59 Å². The van der Waals surface area contributed by atoms with Gasteiger partial charge in [-0.1, -0.05) is 13.8 Å². The maximum atomic E-state index is 12.2. The summed E-state index contributed by atoms with van der Waals surface area (Å²) in [5.74, 6) is -2.23. The van der Waals surface area contributed by atoms with Crippen LogP contribution in [-0.4, -0.2) is 51.3 Å². The van der Waals surface area contributed by atoms with Gasteiger partial charge in [-0.05, 0) is 33.1 Å². The summed E-state index contributed by atoms with van der Waals surface area (Å²) < 4.78 is 5.11. The molecular formula is C14H25NO6. The number of hydrogen-bond acceptors (Lipinski definition) is 4. The first kappa shape index (κ1) is 19.2. The quantitative estimate of drug-likeness (QED) is 0.747. The second-order valence-corrected chi connectivity index (χ2v) is 6.30. The number of hydrogen-bond donors (Lipinski definition) is 2. The maximum absolute atomic E-state index is 12.2. The van der Waals surface area contributed by atoms with Gasteiger partial charge in [0.05, 0.1) is 6.61 Å². The van der Waals surface area contributed by atoms with Crippen molar-refractivity contribution in [2.45, 2.75) is 59.0 Å². The van der Waals surface area contributed by atoms with Crippen molar-refractivity contribution in [1.82, 2.24) is 4.90 Å². The fourth-order valence-electron chi connectivity index (χ4n) is 1.80. The van der Waals surface area contributed by atoms with Crippen LogP contribution in [-0.2, 0) is 14.3 Å². The average Bonchev–Trinajstić information content (AvgIpc) is 2.28. The monoisotopic (exact) mass is 303 g/mol. The van der Waals surface area contributed by atoms with Gasteiger partial charge in [-0.3, -0.25) is 9.69 Å². The zero-order valence-electron chi connectivity index (χ0n) is 13.3. The third kappa shape index (κ3) is 6.97. The summed E-state index contributed by atoms with van der Waals surface area (Å²) in [6.07, 6.45) is -1.24. The molecule has 0 aliphatic heterocycles. The summed E-state index contributed by atoms with van der Waals surface area (Å²) >= 11 is 0. The standard InChI is InChI=1S/C14H25NO6/c1-9(2)8-21-13(20)15(14(3,4)5)10(12(18)19)6-7-11(16)17/h9-10H,6-8H2,1-5H3,(H,16,17)(H,18,19)/t10-/m0/s1. The Morgan fingerprint density at radius 1 is 1.14 bits per heavy atom. The van der Waals surface area contributed by atoms with Crippen LogP contribution in [0.3, 0.4) is 0 Å². The second-order valence-electron chi connectivity index (χ2n) is 6.30. The molecule has 0 aromatic carbocycles. The molecule has 0 fully saturated rings. The largest absolute Gasteiger partial charge is 0.481 e. The minimum absolute atomic E-state index is 0.123. The SMILES string of the molecule is CC(C)COC(=O)N([C@@H](CCC(=O)O)C(=O)O)C(C)(C)C. The number of amides is 1. The Balaban J connectivity index is 5.20. The summed E-state index contributed by atoms with van der Waals surface area (Å²) in [5.41, 5.74) is -0.796. The number of carboxylic acid groups (broad SMARTS) is 2. The molecule has 0 aliphatic rings. The lowest BCUT2D eigenvalue weighted by atomic mass is 10.0. The Bertz CT molecular complexity index is 385. The van der Waals surface area contributed by atoms with E-state index in [1.807, 2.05) is 13.8 Å². The Hall–Kier alpha value is -1.79. The van der Waals surface area contributed by atoms with Crippen molar-refractivity contribution in [3.63, 3.8) is 0 Å². The normalized spacial score (nSPS) is 12.9. The third-order valence-corrected chi connectivity index (χ3v) is 2.69. The van der Waals surface area contributed by atoms with Crippen LogP contribution in [0.15, 0.2) is 0 Å². The zero-order chi connectivity index (χ0) is 16.8. The molecule has 0 aromatic heterocycles.